The Bertz CT molecular complexity index is 571. The molecule has 92 valence electrons. The van der Waals surface area contributed by atoms with Gasteiger partial charge in [0.2, 0.25) is 0 Å². The van der Waals surface area contributed by atoms with E-state index >= 15 is 0 Å². The van der Waals surface area contributed by atoms with Crippen LogP contribution in [-0.2, 0) is 0 Å². The van der Waals surface area contributed by atoms with Crippen molar-refractivity contribution in [2.45, 2.75) is 13.8 Å². The average molecular weight is 242 g/mol. The van der Waals surface area contributed by atoms with Gasteiger partial charge < -0.3 is 4.42 Å². The number of amides is 1. The Morgan fingerprint density at radius 2 is 2.17 bits per heavy atom. The fourth-order valence-electron chi connectivity index (χ4n) is 1.52. The highest BCUT2D eigenvalue weighted by Gasteiger charge is 2.05. The van der Waals surface area contributed by atoms with Crippen LogP contribution in [0.4, 0.5) is 0 Å². The number of rotatable bonds is 3. The van der Waals surface area contributed by atoms with Gasteiger partial charge in [-0.25, -0.2) is 5.43 Å². The van der Waals surface area contributed by atoms with E-state index in [1.807, 2.05) is 32.0 Å². The van der Waals surface area contributed by atoms with Gasteiger partial charge in [-0.3, -0.25) is 4.79 Å². The molecular weight excluding hydrogens is 228 g/mol. The lowest BCUT2D eigenvalue weighted by Crippen LogP contribution is -2.16. The van der Waals surface area contributed by atoms with Crippen molar-refractivity contribution in [2.24, 2.45) is 5.10 Å². The number of nitrogens with one attached hydrogen (secondary N) is 1. The molecule has 0 spiro atoms. The summed E-state index contributed by atoms with van der Waals surface area (Å²) in [6.07, 6.45) is 3.08. The van der Waals surface area contributed by atoms with E-state index in [-0.39, 0.29) is 11.7 Å². The highest BCUT2D eigenvalue weighted by atomic mass is 16.3. The molecule has 0 aliphatic rings. The van der Waals surface area contributed by atoms with E-state index in [9.17, 15) is 4.79 Å². The van der Waals surface area contributed by atoms with Crippen molar-refractivity contribution in [1.29, 1.82) is 0 Å². The first kappa shape index (κ1) is 12.1. The van der Waals surface area contributed by atoms with Crippen LogP contribution < -0.4 is 5.43 Å². The van der Waals surface area contributed by atoms with E-state index < -0.39 is 0 Å². The van der Waals surface area contributed by atoms with Crippen LogP contribution in [0.3, 0.4) is 0 Å². The SMILES string of the molecule is Cc1ccc(C)c(/C=N/NC(=O)c2ccco2)c1. The molecule has 1 amide bonds. The van der Waals surface area contributed by atoms with Crippen molar-refractivity contribution in [2.75, 3.05) is 0 Å². The van der Waals surface area contributed by atoms with Gasteiger partial charge in [0.25, 0.3) is 0 Å². The molecule has 2 aromatic rings. The third-order valence-electron chi connectivity index (χ3n) is 2.55. The largest absolute Gasteiger partial charge is 0.459 e. The minimum Gasteiger partial charge on any atom is -0.459 e. The van der Waals surface area contributed by atoms with E-state index in [1.54, 1.807) is 18.3 Å². The minimum absolute atomic E-state index is 0.244. The quantitative estimate of drug-likeness (QED) is 0.664. The van der Waals surface area contributed by atoms with Crippen LogP contribution >= 0.6 is 0 Å². The maximum Gasteiger partial charge on any atom is 0.307 e. The lowest BCUT2D eigenvalue weighted by Gasteiger charge is -2.01. The molecule has 1 aromatic heterocycles. The van der Waals surface area contributed by atoms with Crippen LogP contribution in [0, 0.1) is 13.8 Å². The highest BCUT2D eigenvalue weighted by Crippen LogP contribution is 2.08. The summed E-state index contributed by atoms with van der Waals surface area (Å²) in [4.78, 5) is 11.5. The Kier molecular flexibility index (Phi) is 3.57. The van der Waals surface area contributed by atoms with E-state index in [0.717, 1.165) is 16.7 Å². The predicted molar refractivity (Wildman–Crippen MR) is 69.7 cm³/mol. The molecule has 0 aliphatic heterocycles. The Labute approximate surface area is 105 Å². The first-order chi connectivity index (χ1) is 8.66. The summed E-state index contributed by atoms with van der Waals surface area (Å²) in [5.41, 5.74) is 5.66. The predicted octanol–water partition coefficient (Wildman–Crippen LogP) is 2.66. The second kappa shape index (κ2) is 5.31. The number of hydrogen-bond donors (Lipinski definition) is 1. The molecule has 4 nitrogen and oxygen atoms in total. The van der Waals surface area contributed by atoms with Crippen LogP contribution in [0.5, 0.6) is 0 Å². The van der Waals surface area contributed by atoms with Gasteiger partial charge >= 0.3 is 5.91 Å². The van der Waals surface area contributed by atoms with E-state index in [1.165, 1.54) is 6.26 Å². The molecule has 0 aliphatic carbocycles. The molecule has 0 fully saturated rings. The summed E-state index contributed by atoms with van der Waals surface area (Å²) in [5.74, 6) is -0.116. The van der Waals surface area contributed by atoms with Crippen LogP contribution in [0.15, 0.2) is 46.1 Å². The van der Waals surface area contributed by atoms with Crippen molar-refractivity contribution in [3.8, 4) is 0 Å². The molecule has 0 unspecified atom stereocenters. The Morgan fingerprint density at radius 3 is 2.89 bits per heavy atom. The maximum atomic E-state index is 11.5. The first-order valence-electron chi connectivity index (χ1n) is 5.61. The molecular formula is C14H14N2O2. The number of carbonyl (C=O) groups is 1. The Balaban J connectivity index is 2.03. The van der Waals surface area contributed by atoms with Crippen molar-refractivity contribution in [1.82, 2.24) is 5.43 Å². The molecule has 0 saturated heterocycles. The molecule has 0 atom stereocenters. The van der Waals surface area contributed by atoms with Crippen molar-refractivity contribution in [3.63, 3.8) is 0 Å². The molecule has 1 heterocycles. The van der Waals surface area contributed by atoms with Gasteiger partial charge in [0, 0.05) is 0 Å². The standard InChI is InChI=1S/C14H14N2O2/c1-10-5-6-11(2)12(8-10)9-15-16-14(17)13-4-3-7-18-13/h3-9H,1-2H3,(H,16,17)/b15-9+. The zero-order valence-corrected chi connectivity index (χ0v) is 10.3. The maximum absolute atomic E-state index is 11.5. The first-order valence-corrected chi connectivity index (χ1v) is 5.61. The summed E-state index contributed by atoms with van der Waals surface area (Å²) in [5, 5.41) is 3.91. The summed E-state index contributed by atoms with van der Waals surface area (Å²) in [6, 6.07) is 9.31. The molecule has 0 saturated carbocycles. The molecule has 0 bridgehead atoms. The van der Waals surface area contributed by atoms with Crippen LogP contribution in [-0.4, -0.2) is 12.1 Å². The normalized spacial score (nSPS) is 10.8. The summed E-state index contributed by atoms with van der Waals surface area (Å²) in [6.45, 7) is 4.01. The fourth-order valence-corrected chi connectivity index (χ4v) is 1.52. The number of aryl methyl sites for hydroxylation is 2. The van der Waals surface area contributed by atoms with Gasteiger partial charge in [-0.2, -0.15) is 5.10 Å². The van der Waals surface area contributed by atoms with E-state index in [4.69, 9.17) is 4.42 Å². The van der Waals surface area contributed by atoms with Gasteiger partial charge in [0.05, 0.1) is 12.5 Å². The summed E-state index contributed by atoms with van der Waals surface area (Å²) in [7, 11) is 0. The number of hydrogen-bond acceptors (Lipinski definition) is 3. The van der Waals surface area contributed by atoms with Crippen molar-refractivity contribution >= 4 is 12.1 Å². The molecule has 1 N–H and O–H groups in total. The monoisotopic (exact) mass is 242 g/mol. The lowest BCUT2D eigenvalue weighted by molar-refractivity contribution is 0.0927. The smallest absolute Gasteiger partial charge is 0.307 e. The second-order valence-electron chi connectivity index (χ2n) is 4.04. The van der Waals surface area contributed by atoms with Crippen LogP contribution in [0.2, 0.25) is 0 Å². The zero-order chi connectivity index (χ0) is 13.0. The fraction of sp³-hybridized carbons (Fsp3) is 0.143. The molecule has 1 aromatic carbocycles. The Morgan fingerprint density at radius 1 is 1.33 bits per heavy atom. The van der Waals surface area contributed by atoms with Gasteiger partial charge in [0.15, 0.2) is 5.76 Å². The number of nitrogens with zero attached hydrogens (tertiary/aromatic N) is 1. The van der Waals surface area contributed by atoms with Crippen molar-refractivity contribution in [3.05, 3.63) is 59.0 Å². The number of furan rings is 1. The number of hydrazone groups is 1. The second-order valence-corrected chi connectivity index (χ2v) is 4.04. The third kappa shape index (κ3) is 2.85. The molecule has 18 heavy (non-hydrogen) atoms. The number of benzene rings is 1. The van der Waals surface area contributed by atoms with Crippen LogP contribution in [0.25, 0.3) is 0 Å². The topological polar surface area (TPSA) is 54.6 Å². The number of carbonyl (C=O) groups excluding carboxylic acids is 1. The highest BCUT2D eigenvalue weighted by molar-refractivity contribution is 5.92. The third-order valence-corrected chi connectivity index (χ3v) is 2.55. The summed E-state index contributed by atoms with van der Waals surface area (Å²) < 4.78 is 4.95. The minimum atomic E-state index is -0.360. The van der Waals surface area contributed by atoms with E-state index in [2.05, 4.69) is 10.5 Å². The van der Waals surface area contributed by atoms with Gasteiger partial charge in [-0.05, 0) is 37.1 Å². The summed E-state index contributed by atoms with van der Waals surface area (Å²) >= 11 is 0. The average Bonchev–Trinajstić information content (AvgIpc) is 2.87. The molecule has 0 radical (unpaired) electrons. The Hall–Kier alpha value is -2.36. The van der Waals surface area contributed by atoms with Crippen LogP contribution in [0.1, 0.15) is 27.2 Å². The lowest BCUT2D eigenvalue weighted by atomic mass is 10.1. The molecule has 4 heteroatoms. The zero-order valence-electron chi connectivity index (χ0n) is 10.3. The van der Waals surface area contributed by atoms with Gasteiger partial charge in [0.1, 0.15) is 0 Å². The van der Waals surface area contributed by atoms with Gasteiger partial charge in [-0.1, -0.05) is 23.8 Å². The molecule has 2 rings (SSSR count). The van der Waals surface area contributed by atoms with Gasteiger partial charge in [-0.15, -0.1) is 0 Å². The van der Waals surface area contributed by atoms with E-state index in [0.29, 0.717) is 0 Å². The van der Waals surface area contributed by atoms with Crippen molar-refractivity contribution < 1.29 is 9.21 Å².